The molecule has 0 N–H and O–H groups in total. The number of ether oxygens (including phenoxy) is 3. The van der Waals surface area contributed by atoms with Crippen molar-refractivity contribution >= 4 is 57.1 Å². The molecule has 3 rings (SSSR count). The largest absolute Gasteiger partial charge is 0.493 e. The van der Waals surface area contributed by atoms with E-state index in [0.717, 1.165) is 0 Å². The van der Waals surface area contributed by atoms with Crippen molar-refractivity contribution in [1.82, 2.24) is 0 Å². The van der Waals surface area contributed by atoms with Gasteiger partial charge in [0.15, 0.2) is 17.2 Å². The van der Waals surface area contributed by atoms with Crippen LogP contribution in [-0.4, -0.2) is 29.9 Å². The summed E-state index contributed by atoms with van der Waals surface area (Å²) in [7, 11) is 1.42. The highest BCUT2D eigenvalue weighted by atomic mass is 79.9. The molecule has 0 spiro atoms. The highest BCUT2D eigenvalue weighted by molar-refractivity contribution is 9.10. The summed E-state index contributed by atoms with van der Waals surface area (Å²) in [5.41, 5.74) is 0.391. The zero-order valence-electron chi connectivity index (χ0n) is 16.9. The van der Waals surface area contributed by atoms with E-state index in [9.17, 15) is 19.7 Å². The van der Waals surface area contributed by atoms with Crippen molar-refractivity contribution < 1.29 is 28.7 Å². The van der Waals surface area contributed by atoms with E-state index in [2.05, 4.69) is 20.9 Å². The first-order valence-corrected chi connectivity index (χ1v) is 10.5. The molecule has 1 aliphatic heterocycles. The van der Waals surface area contributed by atoms with Gasteiger partial charge in [0, 0.05) is 18.1 Å². The van der Waals surface area contributed by atoms with E-state index in [-0.39, 0.29) is 45.8 Å². The summed E-state index contributed by atoms with van der Waals surface area (Å²) in [6.07, 6.45) is 2.35. The number of nitro groups is 1. The molecule has 1 aliphatic rings. The maximum absolute atomic E-state index is 12.3. The molecule has 0 aliphatic carbocycles. The molecular formula is C21H16BrClN2O7. The highest BCUT2D eigenvalue weighted by Gasteiger charge is 2.26. The van der Waals surface area contributed by atoms with E-state index in [1.807, 2.05) is 6.92 Å². The van der Waals surface area contributed by atoms with Gasteiger partial charge >= 0.3 is 11.9 Å². The molecular weight excluding hydrogens is 508 g/mol. The third-order valence-corrected chi connectivity index (χ3v) is 5.14. The first kappa shape index (κ1) is 23.4. The molecule has 0 saturated carbocycles. The number of carbonyl (C=O) groups is 2. The van der Waals surface area contributed by atoms with Crippen molar-refractivity contribution in [3.8, 4) is 11.5 Å². The minimum absolute atomic E-state index is 0.0257. The van der Waals surface area contributed by atoms with Crippen LogP contribution in [0.1, 0.15) is 30.9 Å². The number of nitro benzene ring substituents is 1. The summed E-state index contributed by atoms with van der Waals surface area (Å²) in [5, 5.41) is 11.1. The van der Waals surface area contributed by atoms with E-state index < -0.39 is 16.9 Å². The molecule has 0 atom stereocenters. The summed E-state index contributed by atoms with van der Waals surface area (Å²) in [5.74, 6) is -0.717. The minimum atomic E-state index is -0.730. The van der Waals surface area contributed by atoms with Crippen molar-refractivity contribution in [3.05, 3.63) is 66.8 Å². The minimum Gasteiger partial charge on any atom is -0.493 e. The fourth-order valence-corrected chi connectivity index (χ4v) is 3.49. The predicted octanol–water partition coefficient (Wildman–Crippen LogP) is 5.07. The lowest BCUT2D eigenvalue weighted by atomic mass is 10.1. The van der Waals surface area contributed by atoms with Gasteiger partial charge in [-0.1, -0.05) is 18.5 Å². The number of cyclic esters (lactones) is 1. The fourth-order valence-electron chi connectivity index (χ4n) is 2.77. The second kappa shape index (κ2) is 9.92. The van der Waals surface area contributed by atoms with Gasteiger partial charge < -0.3 is 14.2 Å². The molecule has 0 unspecified atom stereocenters. The number of esters is 2. The number of nitrogens with zero attached hydrogens (tertiary/aromatic N) is 2. The first-order valence-electron chi connectivity index (χ1n) is 9.28. The molecule has 9 nitrogen and oxygen atoms in total. The quantitative estimate of drug-likeness (QED) is 0.163. The normalized spacial score (nSPS) is 14.2. The molecule has 0 saturated heterocycles. The summed E-state index contributed by atoms with van der Waals surface area (Å²) < 4.78 is 16.3. The van der Waals surface area contributed by atoms with E-state index in [1.54, 1.807) is 12.1 Å². The van der Waals surface area contributed by atoms with Crippen LogP contribution < -0.4 is 9.47 Å². The molecule has 166 valence electrons. The molecule has 0 bridgehead atoms. The molecule has 2 aromatic carbocycles. The van der Waals surface area contributed by atoms with Crippen molar-refractivity contribution in [2.45, 2.75) is 19.8 Å². The Kier molecular flexibility index (Phi) is 7.26. The number of rotatable bonds is 7. The van der Waals surface area contributed by atoms with Gasteiger partial charge in [0.25, 0.3) is 5.69 Å². The van der Waals surface area contributed by atoms with Crippen molar-refractivity contribution in [1.29, 1.82) is 0 Å². The number of hydrogen-bond donors (Lipinski definition) is 0. The number of halogens is 2. The molecule has 32 heavy (non-hydrogen) atoms. The molecule has 0 aromatic heterocycles. The van der Waals surface area contributed by atoms with Gasteiger partial charge in [-0.05, 0) is 58.3 Å². The number of carbonyl (C=O) groups excluding carboxylic acids is 2. The summed E-state index contributed by atoms with van der Waals surface area (Å²) >= 11 is 9.16. The summed E-state index contributed by atoms with van der Waals surface area (Å²) in [6, 6.07) is 7.16. The fraction of sp³-hybridized carbons (Fsp3) is 0.190. The van der Waals surface area contributed by atoms with Gasteiger partial charge in [-0.15, -0.1) is 0 Å². The lowest BCUT2D eigenvalue weighted by molar-refractivity contribution is -0.384. The number of aliphatic imine (C=N–C) groups is 1. The Morgan fingerprint density at radius 1 is 1.34 bits per heavy atom. The Hall–Kier alpha value is -3.24. The second-order valence-electron chi connectivity index (χ2n) is 6.52. The summed E-state index contributed by atoms with van der Waals surface area (Å²) in [4.78, 5) is 38.8. The monoisotopic (exact) mass is 522 g/mol. The zero-order valence-corrected chi connectivity index (χ0v) is 19.2. The van der Waals surface area contributed by atoms with Crippen LogP contribution in [0.3, 0.4) is 0 Å². The zero-order chi connectivity index (χ0) is 23.4. The molecule has 2 aromatic rings. The number of hydrogen-bond acceptors (Lipinski definition) is 8. The van der Waals surface area contributed by atoms with E-state index >= 15 is 0 Å². The Labute approximate surface area is 195 Å². The lowest BCUT2D eigenvalue weighted by Gasteiger charge is -2.12. The first-order chi connectivity index (χ1) is 15.2. The van der Waals surface area contributed by atoms with Crippen molar-refractivity contribution in [2.24, 2.45) is 4.99 Å². The Balaban J connectivity index is 1.94. The maximum atomic E-state index is 12.3. The SMILES string of the molecule is CCCC(=O)Oc1c(Br)cc(/C=C2\N=C(c3ccc(Cl)c([N+](=O)[O-])c3)OC2=O)cc1OC. The van der Waals surface area contributed by atoms with Crippen LogP contribution in [-0.2, 0) is 14.3 Å². The Morgan fingerprint density at radius 2 is 2.09 bits per heavy atom. The van der Waals surface area contributed by atoms with Crippen LogP contribution in [0.15, 0.2) is 45.5 Å². The van der Waals surface area contributed by atoms with Crippen LogP contribution in [0.5, 0.6) is 11.5 Å². The number of methoxy groups -OCH3 is 1. The third kappa shape index (κ3) is 5.14. The van der Waals surface area contributed by atoms with Crippen LogP contribution in [0.25, 0.3) is 6.08 Å². The third-order valence-electron chi connectivity index (χ3n) is 4.24. The predicted molar refractivity (Wildman–Crippen MR) is 120 cm³/mol. The van der Waals surface area contributed by atoms with Crippen LogP contribution >= 0.6 is 27.5 Å². The Morgan fingerprint density at radius 3 is 2.75 bits per heavy atom. The highest BCUT2D eigenvalue weighted by Crippen LogP contribution is 2.38. The molecule has 0 fully saturated rings. The molecule has 0 radical (unpaired) electrons. The van der Waals surface area contributed by atoms with Gasteiger partial charge in [-0.25, -0.2) is 9.79 Å². The maximum Gasteiger partial charge on any atom is 0.363 e. The molecule has 1 heterocycles. The lowest BCUT2D eigenvalue weighted by Crippen LogP contribution is -2.08. The topological polar surface area (TPSA) is 117 Å². The van der Waals surface area contributed by atoms with E-state index in [1.165, 1.54) is 31.4 Å². The smallest absolute Gasteiger partial charge is 0.363 e. The summed E-state index contributed by atoms with van der Waals surface area (Å²) in [6.45, 7) is 1.86. The standard InChI is InChI=1S/C21H16BrClN2O7/c1-3-4-18(26)31-19-13(22)7-11(9-17(19)30-2)8-15-21(27)32-20(24-15)12-5-6-14(23)16(10-12)25(28)29/h5-10H,3-4H2,1-2H3/b15-8-. The van der Waals surface area contributed by atoms with Crippen molar-refractivity contribution in [2.75, 3.05) is 7.11 Å². The van der Waals surface area contributed by atoms with Crippen LogP contribution in [0.4, 0.5) is 5.69 Å². The average molecular weight is 524 g/mol. The van der Waals surface area contributed by atoms with Crippen LogP contribution in [0, 0.1) is 10.1 Å². The average Bonchev–Trinajstić information content (AvgIpc) is 3.10. The Bertz CT molecular complexity index is 1180. The molecule has 0 amide bonds. The van der Waals surface area contributed by atoms with Gasteiger partial charge in [0.05, 0.1) is 16.5 Å². The van der Waals surface area contributed by atoms with E-state index in [0.29, 0.717) is 16.5 Å². The van der Waals surface area contributed by atoms with Crippen molar-refractivity contribution in [3.63, 3.8) is 0 Å². The van der Waals surface area contributed by atoms with E-state index in [4.69, 9.17) is 25.8 Å². The second-order valence-corrected chi connectivity index (χ2v) is 7.78. The van der Waals surface area contributed by atoms with Crippen LogP contribution in [0.2, 0.25) is 5.02 Å². The van der Waals surface area contributed by atoms with Gasteiger partial charge in [0.2, 0.25) is 5.90 Å². The number of benzene rings is 2. The molecule has 11 heteroatoms. The van der Waals surface area contributed by atoms with Gasteiger partial charge in [-0.3, -0.25) is 14.9 Å². The van der Waals surface area contributed by atoms with Gasteiger partial charge in [-0.2, -0.15) is 0 Å². The van der Waals surface area contributed by atoms with Gasteiger partial charge in [0.1, 0.15) is 5.02 Å².